The molecule has 0 aromatic rings. The van der Waals surface area contributed by atoms with E-state index in [9.17, 15) is 4.79 Å². The average Bonchev–Trinajstić information content (AvgIpc) is 1.98. The molecule has 0 bridgehead atoms. The lowest BCUT2D eigenvalue weighted by Gasteiger charge is -1.99. The molecule has 0 heterocycles. The first-order chi connectivity index (χ1) is 4.72. The Morgan fingerprint density at radius 2 is 2.30 bits per heavy atom. The van der Waals surface area contributed by atoms with Gasteiger partial charge in [-0.15, -0.1) is 25.3 Å². The smallest absolute Gasteiger partial charge is 0.344 e. The summed E-state index contributed by atoms with van der Waals surface area (Å²) in [5, 5.41) is 9.45. The van der Waals surface area contributed by atoms with Gasteiger partial charge in [0.15, 0.2) is 0 Å². The van der Waals surface area contributed by atoms with E-state index >= 15 is 0 Å². The Morgan fingerprint density at radius 1 is 1.70 bits per heavy atom. The van der Waals surface area contributed by atoms with E-state index < -0.39 is 5.97 Å². The number of esters is 1. The predicted octanol–water partition coefficient (Wildman–Crippen LogP) is 0.223. The number of aliphatic hydroxyl groups is 1. The van der Waals surface area contributed by atoms with E-state index in [0.29, 0.717) is 0 Å². The molecule has 0 aromatic carbocycles. The molecule has 58 valence electrons. The van der Waals surface area contributed by atoms with Crippen LogP contribution < -0.4 is 0 Å². The maximum Gasteiger partial charge on any atom is 0.344 e. The van der Waals surface area contributed by atoms with E-state index in [1.54, 1.807) is 0 Å². The fourth-order valence-corrected chi connectivity index (χ4v) is 0.435. The number of rotatable bonds is 3. The van der Waals surface area contributed by atoms with Crippen molar-refractivity contribution in [1.82, 2.24) is 0 Å². The molecule has 3 nitrogen and oxygen atoms in total. The van der Waals surface area contributed by atoms with Crippen LogP contribution in [0.25, 0.3) is 0 Å². The molecule has 0 unspecified atom stereocenters. The molecule has 0 radical (unpaired) electrons. The van der Waals surface area contributed by atoms with Crippen molar-refractivity contribution in [1.29, 1.82) is 0 Å². The minimum Gasteiger partial charge on any atom is -0.459 e. The van der Waals surface area contributed by atoms with Crippen LogP contribution in [0.2, 0.25) is 0 Å². The first-order valence-electron chi connectivity index (χ1n) is 2.53. The average molecular weight is 180 g/mol. The first-order valence-corrected chi connectivity index (χ1v) is 3.50. The minimum atomic E-state index is -0.576. The number of hydrogen-bond donors (Lipinski definition) is 3. The fraction of sp³-hybridized carbons (Fsp3) is 0.400. The quantitative estimate of drug-likeness (QED) is 0.331. The van der Waals surface area contributed by atoms with Gasteiger partial charge >= 0.3 is 5.97 Å². The molecule has 0 saturated carbocycles. The number of hydrogen-bond acceptors (Lipinski definition) is 5. The van der Waals surface area contributed by atoms with Crippen molar-refractivity contribution in [3.8, 4) is 0 Å². The van der Waals surface area contributed by atoms with Gasteiger partial charge in [-0.25, -0.2) is 4.79 Å². The van der Waals surface area contributed by atoms with Crippen LogP contribution in [0.5, 0.6) is 0 Å². The van der Waals surface area contributed by atoms with Gasteiger partial charge in [0, 0.05) is 0 Å². The Balaban J connectivity index is 3.63. The molecule has 10 heavy (non-hydrogen) atoms. The second-order valence-corrected chi connectivity index (χ2v) is 2.11. The molecular weight excluding hydrogens is 172 g/mol. The monoisotopic (exact) mass is 180 g/mol. The topological polar surface area (TPSA) is 46.5 Å². The van der Waals surface area contributed by atoms with Crippen molar-refractivity contribution in [2.24, 2.45) is 0 Å². The van der Waals surface area contributed by atoms with Crippen LogP contribution in [0, 0.1) is 0 Å². The zero-order valence-electron chi connectivity index (χ0n) is 5.15. The molecule has 0 aliphatic heterocycles. The summed E-state index contributed by atoms with van der Waals surface area (Å²) in [6.07, 6.45) is 0. The van der Waals surface area contributed by atoms with E-state index in [1.807, 2.05) is 0 Å². The zero-order chi connectivity index (χ0) is 7.98. The van der Waals surface area contributed by atoms with Crippen LogP contribution in [-0.2, 0) is 9.53 Å². The van der Waals surface area contributed by atoms with Crippen LogP contribution in [0.1, 0.15) is 0 Å². The van der Waals surface area contributed by atoms with Gasteiger partial charge < -0.3 is 9.84 Å². The molecular formula is C5H8O3S2. The zero-order valence-corrected chi connectivity index (χ0v) is 6.94. The maximum atomic E-state index is 10.6. The lowest BCUT2D eigenvalue weighted by Crippen LogP contribution is -2.07. The summed E-state index contributed by atoms with van der Waals surface area (Å²) in [6.45, 7) is -0.191. The summed E-state index contributed by atoms with van der Waals surface area (Å²) in [5.74, 6) is -0.576. The highest BCUT2D eigenvalue weighted by atomic mass is 32.1. The summed E-state index contributed by atoms with van der Waals surface area (Å²) in [6, 6.07) is 0. The highest BCUT2D eigenvalue weighted by Crippen LogP contribution is 2.03. The summed E-state index contributed by atoms with van der Waals surface area (Å²) >= 11 is 7.40. The first kappa shape index (κ1) is 9.87. The molecule has 0 saturated heterocycles. The van der Waals surface area contributed by atoms with Gasteiger partial charge in [-0.05, 0) is 5.41 Å². The second kappa shape index (κ2) is 5.64. The van der Waals surface area contributed by atoms with Crippen molar-refractivity contribution < 1.29 is 14.6 Å². The maximum absolute atomic E-state index is 10.6. The third-order valence-electron chi connectivity index (χ3n) is 0.656. The molecule has 0 rings (SSSR count). The predicted molar refractivity (Wildman–Crippen MR) is 44.1 cm³/mol. The third-order valence-corrected chi connectivity index (χ3v) is 1.43. The van der Waals surface area contributed by atoms with E-state index in [0.717, 1.165) is 0 Å². The second-order valence-electron chi connectivity index (χ2n) is 1.37. The number of aliphatic hydroxyl groups excluding tert-OH is 1. The van der Waals surface area contributed by atoms with Crippen molar-refractivity contribution in [2.75, 3.05) is 13.2 Å². The highest BCUT2D eigenvalue weighted by Gasteiger charge is 2.03. The van der Waals surface area contributed by atoms with E-state index in [4.69, 9.17) is 5.11 Å². The lowest BCUT2D eigenvalue weighted by molar-refractivity contribution is -0.139. The molecule has 0 amide bonds. The molecule has 1 N–H and O–H groups in total. The van der Waals surface area contributed by atoms with Gasteiger partial charge in [0.05, 0.1) is 11.5 Å². The van der Waals surface area contributed by atoms with E-state index in [2.05, 4.69) is 30.0 Å². The summed E-state index contributed by atoms with van der Waals surface area (Å²) in [5.41, 5.74) is 0. The number of carbonyl (C=O) groups is 1. The number of ether oxygens (including phenoxy) is 1. The van der Waals surface area contributed by atoms with Gasteiger partial charge in [-0.2, -0.15) is 0 Å². The van der Waals surface area contributed by atoms with E-state index in [1.165, 1.54) is 5.41 Å². The van der Waals surface area contributed by atoms with Crippen molar-refractivity contribution >= 4 is 31.2 Å². The van der Waals surface area contributed by atoms with Crippen LogP contribution in [0.15, 0.2) is 10.3 Å². The fourth-order valence-electron chi connectivity index (χ4n) is 0.265. The van der Waals surface area contributed by atoms with Gasteiger partial charge in [0.2, 0.25) is 0 Å². The molecule has 0 aliphatic carbocycles. The van der Waals surface area contributed by atoms with Crippen LogP contribution >= 0.6 is 25.3 Å². The van der Waals surface area contributed by atoms with Crippen LogP contribution in [0.4, 0.5) is 0 Å². The molecule has 0 fully saturated rings. The molecule has 0 aliphatic rings. The Bertz CT molecular complexity index is 144. The van der Waals surface area contributed by atoms with Crippen LogP contribution in [-0.4, -0.2) is 24.3 Å². The Kier molecular flexibility index (Phi) is 5.57. The van der Waals surface area contributed by atoms with Crippen molar-refractivity contribution in [3.05, 3.63) is 10.3 Å². The number of carbonyl (C=O) groups excluding carboxylic acids is 1. The molecule has 0 atom stereocenters. The normalized spacial score (nSPS) is 11.3. The summed E-state index contributed by atoms with van der Waals surface area (Å²) in [4.78, 5) is 10.7. The van der Waals surface area contributed by atoms with Crippen molar-refractivity contribution in [3.63, 3.8) is 0 Å². The standard InChI is InChI=1S/C5H8O3S2/c6-1-2-8-5(7)4(10)3-9/h3,6,9-10H,1-2H2. The van der Waals surface area contributed by atoms with E-state index in [-0.39, 0.29) is 18.1 Å². The Morgan fingerprint density at radius 3 is 2.70 bits per heavy atom. The molecule has 5 heteroatoms. The summed E-state index contributed by atoms with van der Waals surface area (Å²) < 4.78 is 4.46. The van der Waals surface area contributed by atoms with Gasteiger partial charge in [0.25, 0.3) is 0 Å². The Labute approximate surface area is 69.9 Å². The molecule has 0 aromatic heterocycles. The SMILES string of the molecule is O=C(OCCO)C(S)=CS. The van der Waals surface area contributed by atoms with Gasteiger partial charge in [-0.1, -0.05) is 0 Å². The van der Waals surface area contributed by atoms with Gasteiger partial charge in [0.1, 0.15) is 6.61 Å². The number of thiol groups is 2. The highest BCUT2D eigenvalue weighted by molar-refractivity contribution is 7.88. The molecule has 0 spiro atoms. The van der Waals surface area contributed by atoms with Crippen LogP contribution in [0.3, 0.4) is 0 Å². The minimum absolute atomic E-state index is 0.00941. The Hall–Kier alpha value is -0.130. The summed E-state index contributed by atoms with van der Waals surface area (Å²) in [7, 11) is 0. The third kappa shape index (κ3) is 3.81. The lowest BCUT2D eigenvalue weighted by atomic mass is 10.6. The largest absolute Gasteiger partial charge is 0.459 e. The van der Waals surface area contributed by atoms with Crippen molar-refractivity contribution in [2.45, 2.75) is 0 Å². The van der Waals surface area contributed by atoms with Gasteiger partial charge in [-0.3, -0.25) is 0 Å².